The minimum atomic E-state index is 0.731. The predicted molar refractivity (Wildman–Crippen MR) is 82.9 cm³/mol. The summed E-state index contributed by atoms with van der Waals surface area (Å²) in [4.78, 5) is 11.6. The van der Waals surface area contributed by atoms with Crippen molar-refractivity contribution in [2.45, 2.75) is 19.8 Å². The van der Waals surface area contributed by atoms with Crippen LogP contribution in [0.1, 0.15) is 19.8 Å². The summed E-state index contributed by atoms with van der Waals surface area (Å²) < 4.78 is 0. The molecule has 1 aliphatic rings. The summed E-state index contributed by atoms with van der Waals surface area (Å²) in [5.41, 5.74) is 1.91. The van der Waals surface area contributed by atoms with E-state index in [-0.39, 0.29) is 0 Å². The lowest BCUT2D eigenvalue weighted by molar-refractivity contribution is 0.327. The molecular formula is C16H22N4. The molecule has 106 valence electrons. The zero-order valence-corrected chi connectivity index (χ0v) is 12.0. The molecule has 1 saturated heterocycles. The van der Waals surface area contributed by atoms with Crippen molar-refractivity contribution < 1.29 is 0 Å². The maximum Gasteiger partial charge on any atom is 0.145 e. The standard InChI is InChI=1S/C16H22N4/c1-2-8-20-9-7-13(12-20)10-18-16-11-17-14-5-3-4-6-15(14)19-16/h3-6,11,13H,2,7-10,12H2,1H3,(H,18,19)/t13-/m1/s1. The zero-order chi connectivity index (χ0) is 13.8. The van der Waals surface area contributed by atoms with Gasteiger partial charge in [0, 0.05) is 13.1 Å². The fraction of sp³-hybridized carbons (Fsp3) is 0.500. The molecule has 1 aromatic heterocycles. The van der Waals surface area contributed by atoms with E-state index < -0.39 is 0 Å². The second-order valence-electron chi connectivity index (χ2n) is 5.58. The van der Waals surface area contributed by atoms with Crippen LogP contribution in [0.15, 0.2) is 30.5 Å². The van der Waals surface area contributed by atoms with Gasteiger partial charge < -0.3 is 10.2 Å². The van der Waals surface area contributed by atoms with E-state index in [0.717, 1.165) is 29.3 Å². The molecular weight excluding hydrogens is 248 g/mol. The van der Waals surface area contributed by atoms with Crippen LogP contribution in [0.4, 0.5) is 5.82 Å². The van der Waals surface area contributed by atoms with E-state index >= 15 is 0 Å². The third kappa shape index (κ3) is 3.07. The first-order valence-electron chi connectivity index (χ1n) is 7.53. The third-order valence-electron chi connectivity index (χ3n) is 3.93. The number of hydrogen-bond donors (Lipinski definition) is 1. The summed E-state index contributed by atoms with van der Waals surface area (Å²) in [5, 5.41) is 3.44. The van der Waals surface area contributed by atoms with E-state index in [2.05, 4.69) is 27.1 Å². The number of likely N-dealkylation sites (tertiary alicyclic amines) is 1. The highest BCUT2D eigenvalue weighted by Crippen LogP contribution is 2.17. The Hall–Kier alpha value is -1.68. The monoisotopic (exact) mass is 270 g/mol. The van der Waals surface area contributed by atoms with Crippen LogP contribution < -0.4 is 5.32 Å². The summed E-state index contributed by atoms with van der Waals surface area (Å²) in [6, 6.07) is 7.99. The first kappa shape index (κ1) is 13.3. The minimum absolute atomic E-state index is 0.731. The average Bonchev–Trinajstić information content (AvgIpc) is 2.93. The number of fused-ring (bicyclic) bond motifs is 1. The van der Waals surface area contributed by atoms with E-state index in [9.17, 15) is 0 Å². The number of rotatable bonds is 5. The fourth-order valence-electron chi connectivity index (χ4n) is 2.89. The molecule has 0 spiro atoms. The first-order valence-corrected chi connectivity index (χ1v) is 7.53. The Bertz CT molecular complexity index is 569. The normalized spacial score (nSPS) is 19.6. The van der Waals surface area contributed by atoms with E-state index in [4.69, 9.17) is 0 Å². The molecule has 1 atom stereocenters. The highest BCUT2D eigenvalue weighted by atomic mass is 15.1. The second-order valence-corrected chi connectivity index (χ2v) is 5.58. The molecule has 0 bridgehead atoms. The van der Waals surface area contributed by atoms with Gasteiger partial charge in [-0.3, -0.25) is 4.98 Å². The van der Waals surface area contributed by atoms with E-state index in [1.165, 1.54) is 32.5 Å². The van der Waals surface area contributed by atoms with Gasteiger partial charge in [0.25, 0.3) is 0 Å². The summed E-state index contributed by atoms with van der Waals surface area (Å²) in [5.74, 6) is 1.62. The van der Waals surface area contributed by atoms with Gasteiger partial charge in [0.2, 0.25) is 0 Å². The van der Waals surface area contributed by atoms with Crippen molar-refractivity contribution >= 4 is 16.9 Å². The minimum Gasteiger partial charge on any atom is -0.368 e. The van der Waals surface area contributed by atoms with Crippen LogP contribution >= 0.6 is 0 Å². The van der Waals surface area contributed by atoms with Crippen molar-refractivity contribution in [2.24, 2.45) is 5.92 Å². The lowest BCUT2D eigenvalue weighted by Crippen LogP contribution is -2.23. The van der Waals surface area contributed by atoms with Crippen LogP contribution in [0.5, 0.6) is 0 Å². The zero-order valence-electron chi connectivity index (χ0n) is 12.0. The van der Waals surface area contributed by atoms with Gasteiger partial charge in [0.05, 0.1) is 17.2 Å². The molecule has 1 N–H and O–H groups in total. The molecule has 1 fully saturated rings. The first-order chi connectivity index (χ1) is 9.85. The number of benzene rings is 1. The molecule has 4 nitrogen and oxygen atoms in total. The van der Waals surface area contributed by atoms with Crippen LogP contribution in [0.25, 0.3) is 11.0 Å². The Morgan fingerprint density at radius 1 is 1.30 bits per heavy atom. The van der Waals surface area contributed by atoms with Gasteiger partial charge in [-0.15, -0.1) is 0 Å². The molecule has 4 heteroatoms. The highest BCUT2D eigenvalue weighted by Gasteiger charge is 2.21. The quantitative estimate of drug-likeness (QED) is 0.907. The van der Waals surface area contributed by atoms with Gasteiger partial charge in [0.1, 0.15) is 5.82 Å². The summed E-state index contributed by atoms with van der Waals surface area (Å²) in [6.45, 7) is 6.92. The summed E-state index contributed by atoms with van der Waals surface area (Å²) >= 11 is 0. The largest absolute Gasteiger partial charge is 0.368 e. The molecule has 2 aromatic rings. The van der Waals surface area contributed by atoms with E-state index in [1.54, 1.807) is 0 Å². The average molecular weight is 270 g/mol. The van der Waals surface area contributed by atoms with Crippen LogP contribution in [0, 0.1) is 5.92 Å². The van der Waals surface area contributed by atoms with Crippen LogP contribution in [-0.4, -0.2) is 41.0 Å². The maximum absolute atomic E-state index is 4.60. The van der Waals surface area contributed by atoms with Crippen molar-refractivity contribution in [2.75, 3.05) is 31.5 Å². The van der Waals surface area contributed by atoms with E-state index in [0.29, 0.717) is 0 Å². The number of nitrogens with zero attached hydrogens (tertiary/aromatic N) is 3. The molecule has 3 rings (SSSR count). The highest BCUT2D eigenvalue weighted by molar-refractivity contribution is 5.75. The molecule has 1 aromatic carbocycles. The number of aromatic nitrogens is 2. The van der Waals surface area contributed by atoms with Gasteiger partial charge in [-0.05, 0) is 44.0 Å². The molecule has 1 aliphatic heterocycles. The van der Waals surface area contributed by atoms with Gasteiger partial charge in [-0.25, -0.2) is 4.98 Å². The van der Waals surface area contributed by atoms with Crippen LogP contribution in [-0.2, 0) is 0 Å². The predicted octanol–water partition coefficient (Wildman–Crippen LogP) is 2.77. The Labute approximate surface area is 120 Å². The molecule has 0 amide bonds. The molecule has 0 aliphatic carbocycles. The summed E-state index contributed by atoms with van der Waals surface area (Å²) in [6.07, 6.45) is 4.37. The van der Waals surface area contributed by atoms with Gasteiger partial charge in [-0.1, -0.05) is 19.1 Å². The fourth-order valence-corrected chi connectivity index (χ4v) is 2.89. The van der Waals surface area contributed by atoms with Crippen LogP contribution in [0.2, 0.25) is 0 Å². The van der Waals surface area contributed by atoms with Gasteiger partial charge in [0.15, 0.2) is 0 Å². The van der Waals surface area contributed by atoms with Gasteiger partial charge >= 0.3 is 0 Å². The number of hydrogen-bond acceptors (Lipinski definition) is 4. The van der Waals surface area contributed by atoms with Crippen molar-refractivity contribution in [3.05, 3.63) is 30.5 Å². The Morgan fingerprint density at radius 3 is 3.00 bits per heavy atom. The van der Waals surface area contributed by atoms with Gasteiger partial charge in [-0.2, -0.15) is 0 Å². The Balaban J connectivity index is 1.57. The van der Waals surface area contributed by atoms with Crippen molar-refractivity contribution in [1.29, 1.82) is 0 Å². The molecule has 2 heterocycles. The number of nitrogens with one attached hydrogen (secondary N) is 1. The van der Waals surface area contributed by atoms with E-state index in [1.807, 2.05) is 30.5 Å². The Kier molecular flexibility index (Phi) is 4.11. The Morgan fingerprint density at radius 2 is 2.15 bits per heavy atom. The number of para-hydroxylation sites is 2. The lowest BCUT2D eigenvalue weighted by atomic mass is 10.1. The molecule has 0 unspecified atom stereocenters. The molecule has 0 saturated carbocycles. The smallest absolute Gasteiger partial charge is 0.145 e. The second kappa shape index (κ2) is 6.18. The topological polar surface area (TPSA) is 41.0 Å². The van der Waals surface area contributed by atoms with Crippen molar-refractivity contribution in [3.63, 3.8) is 0 Å². The molecule has 20 heavy (non-hydrogen) atoms. The third-order valence-corrected chi connectivity index (χ3v) is 3.93. The van der Waals surface area contributed by atoms with Crippen molar-refractivity contribution in [3.8, 4) is 0 Å². The van der Waals surface area contributed by atoms with Crippen molar-refractivity contribution in [1.82, 2.24) is 14.9 Å². The van der Waals surface area contributed by atoms with Crippen LogP contribution in [0.3, 0.4) is 0 Å². The summed E-state index contributed by atoms with van der Waals surface area (Å²) in [7, 11) is 0. The maximum atomic E-state index is 4.60. The number of anilines is 1. The molecule has 0 radical (unpaired) electrons. The lowest BCUT2D eigenvalue weighted by Gasteiger charge is -2.15. The SMILES string of the molecule is CCCN1CC[C@H](CNc2cnc3ccccc3n2)C1.